The molecule has 0 aliphatic carbocycles. The van der Waals surface area contributed by atoms with Gasteiger partial charge in [0.15, 0.2) is 0 Å². The number of thiazole rings is 1. The molecule has 0 aliphatic rings. The van der Waals surface area contributed by atoms with Gasteiger partial charge in [-0.25, -0.2) is 4.98 Å². The van der Waals surface area contributed by atoms with Crippen molar-refractivity contribution in [2.24, 2.45) is 0 Å². The van der Waals surface area contributed by atoms with Crippen molar-refractivity contribution in [1.29, 1.82) is 0 Å². The number of nitrogens with zero attached hydrogens (tertiary/aromatic N) is 1. The first kappa shape index (κ1) is 9.98. The fraction of sp³-hybridized carbons (Fsp3) is 0.571. The van der Waals surface area contributed by atoms with Crippen LogP contribution >= 0.6 is 23.1 Å². The zero-order valence-corrected chi connectivity index (χ0v) is 8.58. The highest BCUT2D eigenvalue weighted by atomic mass is 32.2. The molecule has 0 saturated carbocycles. The standard InChI is InChI=1S/C7H11NO2S2/c1-7(10,4-9)5-3-8-6(11-2)12-5/h3,9-10H,4H2,1-2H3/t7-/m1/s1. The Morgan fingerprint density at radius 2 is 2.42 bits per heavy atom. The van der Waals surface area contributed by atoms with E-state index in [0.29, 0.717) is 4.88 Å². The minimum absolute atomic E-state index is 0.275. The SMILES string of the molecule is CSc1ncc([C@](C)(O)CO)s1. The molecule has 0 aromatic carbocycles. The fourth-order valence-electron chi connectivity index (χ4n) is 0.679. The number of thioether (sulfide) groups is 1. The highest BCUT2D eigenvalue weighted by molar-refractivity contribution is 8.00. The third-order valence-electron chi connectivity index (χ3n) is 1.50. The largest absolute Gasteiger partial charge is 0.393 e. The van der Waals surface area contributed by atoms with Gasteiger partial charge in [0, 0.05) is 6.20 Å². The van der Waals surface area contributed by atoms with Gasteiger partial charge in [0.1, 0.15) is 9.94 Å². The Bertz CT molecular complexity index is 260. The van der Waals surface area contributed by atoms with Crippen LogP contribution in [0.25, 0.3) is 0 Å². The maximum Gasteiger partial charge on any atom is 0.149 e. The summed E-state index contributed by atoms with van der Waals surface area (Å²) in [5.41, 5.74) is -1.15. The lowest BCUT2D eigenvalue weighted by molar-refractivity contribution is 0.000631. The van der Waals surface area contributed by atoms with E-state index in [0.717, 1.165) is 4.34 Å². The summed E-state index contributed by atoms with van der Waals surface area (Å²) in [7, 11) is 0. The highest BCUT2D eigenvalue weighted by Crippen LogP contribution is 2.29. The number of hydrogen-bond donors (Lipinski definition) is 2. The van der Waals surface area contributed by atoms with Gasteiger partial charge in [0.2, 0.25) is 0 Å². The lowest BCUT2D eigenvalue weighted by Crippen LogP contribution is -2.24. The second kappa shape index (κ2) is 3.74. The van der Waals surface area contributed by atoms with Crippen LogP contribution in [0, 0.1) is 0 Å². The summed E-state index contributed by atoms with van der Waals surface area (Å²) >= 11 is 2.94. The van der Waals surface area contributed by atoms with Gasteiger partial charge >= 0.3 is 0 Å². The summed E-state index contributed by atoms with van der Waals surface area (Å²) in [5.74, 6) is 0. The van der Waals surface area contributed by atoms with E-state index in [1.54, 1.807) is 13.1 Å². The van der Waals surface area contributed by atoms with Gasteiger partial charge < -0.3 is 10.2 Å². The van der Waals surface area contributed by atoms with Crippen molar-refractivity contribution in [3.8, 4) is 0 Å². The van der Waals surface area contributed by atoms with Gasteiger partial charge in [0.05, 0.1) is 11.5 Å². The molecule has 0 fully saturated rings. The second-order valence-electron chi connectivity index (χ2n) is 2.63. The van der Waals surface area contributed by atoms with Gasteiger partial charge in [0.25, 0.3) is 0 Å². The minimum atomic E-state index is -1.15. The first-order valence-electron chi connectivity index (χ1n) is 3.43. The van der Waals surface area contributed by atoms with E-state index in [9.17, 15) is 5.11 Å². The van der Waals surface area contributed by atoms with E-state index < -0.39 is 5.60 Å². The van der Waals surface area contributed by atoms with E-state index in [1.807, 2.05) is 6.26 Å². The Morgan fingerprint density at radius 1 is 1.75 bits per heavy atom. The van der Waals surface area contributed by atoms with Crippen LogP contribution in [-0.4, -0.2) is 28.1 Å². The van der Waals surface area contributed by atoms with E-state index in [1.165, 1.54) is 23.1 Å². The summed E-state index contributed by atoms with van der Waals surface area (Å²) in [6.07, 6.45) is 3.53. The lowest BCUT2D eigenvalue weighted by atomic mass is 10.1. The number of aliphatic hydroxyl groups excluding tert-OH is 1. The molecule has 0 saturated heterocycles. The normalized spacial score (nSPS) is 16.0. The number of aromatic nitrogens is 1. The van der Waals surface area contributed by atoms with Crippen molar-refractivity contribution in [1.82, 2.24) is 4.98 Å². The first-order valence-corrected chi connectivity index (χ1v) is 5.48. The van der Waals surface area contributed by atoms with Crippen LogP contribution in [0.2, 0.25) is 0 Å². The zero-order chi connectivity index (χ0) is 9.19. The molecular formula is C7H11NO2S2. The Morgan fingerprint density at radius 3 is 2.83 bits per heavy atom. The van der Waals surface area contributed by atoms with E-state index in [4.69, 9.17) is 5.11 Å². The summed E-state index contributed by atoms with van der Waals surface area (Å²) in [6.45, 7) is 1.30. The summed E-state index contributed by atoms with van der Waals surface area (Å²) in [4.78, 5) is 4.76. The minimum Gasteiger partial charge on any atom is -0.393 e. The van der Waals surface area contributed by atoms with Crippen LogP contribution in [0.15, 0.2) is 10.5 Å². The predicted molar refractivity (Wildman–Crippen MR) is 50.6 cm³/mol. The number of aliphatic hydroxyl groups is 2. The molecule has 3 nitrogen and oxygen atoms in total. The maximum absolute atomic E-state index is 9.61. The molecule has 0 amide bonds. The van der Waals surface area contributed by atoms with Crippen LogP contribution in [0.4, 0.5) is 0 Å². The van der Waals surface area contributed by atoms with Crippen molar-refractivity contribution in [2.45, 2.75) is 16.9 Å². The van der Waals surface area contributed by atoms with Crippen molar-refractivity contribution in [3.63, 3.8) is 0 Å². The molecule has 1 aromatic rings. The van der Waals surface area contributed by atoms with Crippen molar-refractivity contribution < 1.29 is 10.2 Å². The smallest absolute Gasteiger partial charge is 0.149 e. The molecule has 68 valence electrons. The number of rotatable bonds is 3. The monoisotopic (exact) mass is 205 g/mol. The average Bonchev–Trinajstić information content (AvgIpc) is 2.52. The molecular weight excluding hydrogens is 194 g/mol. The van der Waals surface area contributed by atoms with Crippen LogP contribution in [0.3, 0.4) is 0 Å². The van der Waals surface area contributed by atoms with Crippen molar-refractivity contribution in [3.05, 3.63) is 11.1 Å². The predicted octanol–water partition coefficient (Wildman–Crippen LogP) is 1.06. The van der Waals surface area contributed by atoms with Gasteiger partial charge in [-0.15, -0.1) is 11.3 Å². The molecule has 1 atom stereocenters. The molecule has 1 heterocycles. The Kier molecular flexibility index (Phi) is 3.11. The van der Waals surface area contributed by atoms with Gasteiger partial charge in [-0.3, -0.25) is 0 Å². The molecule has 1 aromatic heterocycles. The molecule has 0 unspecified atom stereocenters. The van der Waals surface area contributed by atoms with Gasteiger partial charge in [-0.2, -0.15) is 0 Å². The molecule has 0 bridgehead atoms. The van der Waals surface area contributed by atoms with Crippen LogP contribution in [-0.2, 0) is 5.60 Å². The fourth-order valence-corrected chi connectivity index (χ4v) is 2.12. The molecule has 0 spiro atoms. The zero-order valence-electron chi connectivity index (χ0n) is 6.94. The molecule has 5 heteroatoms. The van der Waals surface area contributed by atoms with E-state index >= 15 is 0 Å². The molecule has 1 rings (SSSR count). The highest BCUT2D eigenvalue weighted by Gasteiger charge is 2.24. The van der Waals surface area contributed by atoms with Crippen LogP contribution < -0.4 is 0 Å². The maximum atomic E-state index is 9.61. The third-order valence-corrected chi connectivity index (χ3v) is 3.75. The van der Waals surface area contributed by atoms with Crippen LogP contribution in [0.1, 0.15) is 11.8 Å². The third kappa shape index (κ3) is 1.98. The van der Waals surface area contributed by atoms with E-state index in [2.05, 4.69) is 4.98 Å². The van der Waals surface area contributed by atoms with Crippen molar-refractivity contribution in [2.75, 3.05) is 12.9 Å². The quantitative estimate of drug-likeness (QED) is 0.725. The second-order valence-corrected chi connectivity index (χ2v) is 4.71. The summed E-state index contributed by atoms with van der Waals surface area (Å²) in [5, 5.41) is 18.5. The molecule has 0 radical (unpaired) electrons. The number of hydrogen-bond acceptors (Lipinski definition) is 5. The van der Waals surface area contributed by atoms with Crippen molar-refractivity contribution >= 4 is 23.1 Å². The van der Waals surface area contributed by atoms with Gasteiger partial charge in [-0.05, 0) is 13.2 Å². The Balaban J connectivity index is 2.88. The molecule has 12 heavy (non-hydrogen) atoms. The first-order chi connectivity index (χ1) is 5.60. The average molecular weight is 205 g/mol. The Labute approximate surface area is 79.5 Å². The topological polar surface area (TPSA) is 53.4 Å². The Hall–Kier alpha value is -0.100. The van der Waals surface area contributed by atoms with Crippen LogP contribution in [0.5, 0.6) is 0 Å². The summed E-state index contributed by atoms with van der Waals surface area (Å²) < 4.78 is 0.902. The molecule has 0 aliphatic heterocycles. The summed E-state index contributed by atoms with van der Waals surface area (Å²) in [6, 6.07) is 0. The van der Waals surface area contributed by atoms with Gasteiger partial charge in [-0.1, -0.05) is 11.8 Å². The van der Waals surface area contributed by atoms with E-state index in [-0.39, 0.29) is 6.61 Å². The lowest BCUT2D eigenvalue weighted by Gasteiger charge is -2.16. The molecule has 2 N–H and O–H groups in total.